The van der Waals surface area contributed by atoms with E-state index in [4.69, 9.17) is 17.3 Å². The van der Waals surface area contributed by atoms with Gasteiger partial charge in [-0.15, -0.1) is 0 Å². The Kier molecular flexibility index (Phi) is 3.36. The minimum absolute atomic E-state index is 0.609. The highest BCUT2D eigenvalue weighted by atomic mass is 79.9. The van der Waals surface area contributed by atoms with Crippen molar-refractivity contribution in [3.05, 3.63) is 33.3 Å². The molecule has 0 radical (unpaired) electrons. The van der Waals surface area contributed by atoms with Gasteiger partial charge in [0.2, 0.25) is 0 Å². The van der Waals surface area contributed by atoms with Gasteiger partial charge in [0.25, 0.3) is 0 Å². The first-order valence-corrected chi connectivity index (χ1v) is 6.33. The maximum Gasteiger partial charge on any atom is 0.127 e. The van der Waals surface area contributed by atoms with E-state index >= 15 is 0 Å². The molecule has 0 aliphatic heterocycles. The van der Waals surface area contributed by atoms with E-state index in [1.54, 1.807) is 0 Å². The van der Waals surface area contributed by atoms with Crippen LogP contribution in [0, 0.1) is 0 Å². The number of benzene rings is 1. The van der Waals surface area contributed by atoms with Gasteiger partial charge < -0.3 is 5.73 Å². The minimum Gasteiger partial charge on any atom is -0.383 e. The van der Waals surface area contributed by atoms with E-state index in [2.05, 4.69) is 33.9 Å². The van der Waals surface area contributed by atoms with Gasteiger partial charge in [0.15, 0.2) is 0 Å². The second-order valence-electron chi connectivity index (χ2n) is 3.74. The van der Waals surface area contributed by atoms with Crippen LogP contribution in [-0.2, 0) is 6.42 Å². The number of aromatic nitrogens is 1. The lowest BCUT2D eigenvalue weighted by Crippen LogP contribution is -1.98. The van der Waals surface area contributed by atoms with Gasteiger partial charge >= 0.3 is 0 Å². The Morgan fingerprint density at radius 2 is 2.12 bits per heavy atom. The van der Waals surface area contributed by atoms with Gasteiger partial charge in [0, 0.05) is 14.9 Å². The fourth-order valence-electron chi connectivity index (χ4n) is 1.74. The van der Waals surface area contributed by atoms with Crippen molar-refractivity contribution >= 4 is 44.3 Å². The van der Waals surface area contributed by atoms with Crippen molar-refractivity contribution in [2.24, 2.45) is 0 Å². The maximum atomic E-state index is 6.00. The summed E-state index contributed by atoms with van der Waals surface area (Å²) in [4.78, 5) is 4.41. The van der Waals surface area contributed by atoms with Crippen LogP contribution in [-0.4, -0.2) is 4.98 Å². The molecule has 2 aromatic rings. The van der Waals surface area contributed by atoms with Crippen molar-refractivity contribution in [2.75, 3.05) is 5.73 Å². The van der Waals surface area contributed by atoms with Crippen molar-refractivity contribution < 1.29 is 0 Å². The molecule has 0 unspecified atom stereocenters. The monoisotopic (exact) mass is 298 g/mol. The normalized spacial score (nSPS) is 10.9. The Labute approximate surface area is 108 Å². The SMILES string of the molecule is CCCc1cc2cc(Cl)cc(Br)c2nc1N. The molecule has 1 aromatic heterocycles. The molecule has 4 heteroatoms. The number of pyridine rings is 1. The van der Waals surface area contributed by atoms with E-state index in [9.17, 15) is 0 Å². The molecule has 1 heterocycles. The number of hydrogen-bond donors (Lipinski definition) is 1. The summed E-state index contributed by atoms with van der Waals surface area (Å²) >= 11 is 9.45. The molecule has 0 aliphatic carbocycles. The van der Waals surface area contributed by atoms with E-state index in [-0.39, 0.29) is 0 Å². The number of aryl methyl sites for hydroxylation is 1. The lowest BCUT2D eigenvalue weighted by atomic mass is 10.1. The number of hydrogen-bond acceptors (Lipinski definition) is 2. The number of rotatable bonds is 2. The zero-order chi connectivity index (χ0) is 11.7. The molecule has 0 saturated heterocycles. The zero-order valence-electron chi connectivity index (χ0n) is 8.93. The Bertz CT molecular complexity index is 540. The summed E-state index contributed by atoms with van der Waals surface area (Å²) in [5.41, 5.74) is 7.86. The minimum atomic E-state index is 0.609. The van der Waals surface area contributed by atoms with Gasteiger partial charge in [0.05, 0.1) is 5.52 Å². The molecule has 0 spiro atoms. The molecule has 0 saturated carbocycles. The first kappa shape index (κ1) is 11.7. The van der Waals surface area contributed by atoms with Crippen molar-refractivity contribution in [2.45, 2.75) is 19.8 Å². The number of nitrogens with two attached hydrogens (primary N) is 1. The molecule has 1 aromatic carbocycles. The van der Waals surface area contributed by atoms with Crippen LogP contribution in [0.5, 0.6) is 0 Å². The lowest BCUT2D eigenvalue weighted by Gasteiger charge is -2.07. The van der Waals surface area contributed by atoms with E-state index in [0.717, 1.165) is 33.8 Å². The third-order valence-corrected chi connectivity index (χ3v) is 3.29. The lowest BCUT2D eigenvalue weighted by molar-refractivity contribution is 0.921. The summed E-state index contributed by atoms with van der Waals surface area (Å²) in [5.74, 6) is 0.609. The Balaban J connectivity index is 2.69. The molecule has 0 amide bonds. The molecule has 2 nitrogen and oxygen atoms in total. The molecule has 2 rings (SSSR count). The van der Waals surface area contributed by atoms with Gasteiger partial charge in [-0.2, -0.15) is 0 Å². The highest BCUT2D eigenvalue weighted by Gasteiger charge is 2.07. The summed E-state index contributed by atoms with van der Waals surface area (Å²) in [6.45, 7) is 2.12. The van der Waals surface area contributed by atoms with E-state index in [1.807, 2.05) is 12.1 Å². The Morgan fingerprint density at radius 1 is 1.38 bits per heavy atom. The van der Waals surface area contributed by atoms with Gasteiger partial charge in [-0.1, -0.05) is 24.9 Å². The van der Waals surface area contributed by atoms with Gasteiger partial charge in [-0.05, 0) is 46.1 Å². The first-order chi connectivity index (χ1) is 7.61. The third kappa shape index (κ3) is 2.15. The quantitative estimate of drug-likeness (QED) is 0.903. The Morgan fingerprint density at radius 3 is 2.81 bits per heavy atom. The molecule has 0 aliphatic rings. The van der Waals surface area contributed by atoms with E-state index in [1.165, 1.54) is 0 Å². The smallest absolute Gasteiger partial charge is 0.127 e. The van der Waals surface area contributed by atoms with Crippen molar-refractivity contribution in [1.29, 1.82) is 0 Å². The highest BCUT2D eigenvalue weighted by Crippen LogP contribution is 2.29. The number of anilines is 1. The standard InChI is InChI=1S/C12H12BrClN2/c1-2-3-7-4-8-5-9(14)6-10(13)11(8)16-12(7)15/h4-6H,2-3H2,1H3,(H2,15,16). The van der Waals surface area contributed by atoms with Crippen LogP contribution in [0.15, 0.2) is 22.7 Å². The van der Waals surface area contributed by atoms with E-state index < -0.39 is 0 Å². The fourth-order valence-corrected chi connectivity index (χ4v) is 2.66. The van der Waals surface area contributed by atoms with E-state index in [0.29, 0.717) is 10.8 Å². The van der Waals surface area contributed by atoms with Crippen LogP contribution < -0.4 is 5.73 Å². The summed E-state index contributed by atoms with van der Waals surface area (Å²) in [7, 11) is 0. The molecular weight excluding hydrogens is 288 g/mol. The molecule has 2 N–H and O–H groups in total. The van der Waals surface area contributed by atoms with Crippen LogP contribution >= 0.6 is 27.5 Å². The average Bonchev–Trinajstić information content (AvgIpc) is 2.21. The van der Waals surface area contributed by atoms with Crippen molar-refractivity contribution in [3.63, 3.8) is 0 Å². The maximum absolute atomic E-state index is 6.00. The van der Waals surface area contributed by atoms with Crippen LogP contribution in [0.3, 0.4) is 0 Å². The average molecular weight is 300 g/mol. The van der Waals surface area contributed by atoms with Gasteiger partial charge in [-0.3, -0.25) is 0 Å². The van der Waals surface area contributed by atoms with Gasteiger partial charge in [-0.25, -0.2) is 4.98 Å². The van der Waals surface area contributed by atoms with Crippen LogP contribution in [0.2, 0.25) is 5.02 Å². The molecule has 84 valence electrons. The van der Waals surface area contributed by atoms with Crippen LogP contribution in [0.25, 0.3) is 10.9 Å². The van der Waals surface area contributed by atoms with Crippen molar-refractivity contribution in [1.82, 2.24) is 4.98 Å². The number of fused-ring (bicyclic) bond motifs is 1. The topological polar surface area (TPSA) is 38.9 Å². The van der Waals surface area contributed by atoms with Crippen molar-refractivity contribution in [3.8, 4) is 0 Å². The van der Waals surface area contributed by atoms with Crippen LogP contribution in [0.1, 0.15) is 18.9 Å². The molecule has 0 bridgehead atoms. The Hall–Kier alpha value is -0.800. The third-order valence-electron chi connectivity index (χ3n) is 2.47. The second kappa shape index (κ2) is 4.60. The first-order valence-electron chi connectivity index (χ1n) is 5.16. The summed E-state index contributed by atoms with van der Waals surface area (Å²) in [6.07, 6.45) is 2.00. The van der Waals surface area contributed by atoms with Gasteiger partial charge in [0.1, 0.15) is 5.82 Å². The molecule has 16 heavy (non-hydrogen) atoms. The fraction of sp³-hybridized carbons (Fsp3) is 0.250. The number of halogens is 2. The second-order valence-corrected chi connectivity index (χ2v) is 5.03. The predicted molar refractivity (Wildman–Crippen MR) is 72.9 cm³/mol. The number of nitrogens with zero attached hydrogens (tertiary/aromatic N) is 1. The summed E-state index contributed by atoms with van der Waals surface area (Å²) < 4.78 is 0.879. The largest absolute Gasteiger partial charge is 0.383 e. The highest BCUT2D eigenvalue weighted by molar-refractivity contribution is 9.10. The summed E-state index contributed by atoms with van der Waals surface area (Å²) in [6, 6.07) is 5.81. The molecule has 0 atom stereocenters. The zero-order valence-corrected chi connectivity index (χ0v) is 11.3. The number of nitrogen functional groups attached to an aromatic ring is 1. The molecule has 0 fully saturated rings. The predicted octanol–water partition coefficient (Wildman–Crippen LogP) is 4.19. The van der Waals surface area contributed by atoms with Crippen LogP contribution in [0.4, 0.5) is 5.82 Å². The molecular formula is C12H12BrClN2. The summed E-state index contributed by atoms with van der Waals surface area (Å²) in [5, 5.41) is 1.73.